The smallest absolute Gasteiger partial charge is 0.417 e. The van der Waals surface area contributed by atoms with Crippen molar-refractivity contribution in [2.24, 2.45) is 0 Å². The molecule has 4 rings (SSSR count). The maximum atomic E-state index is 13.2. The zero-order chi connectivity index (χ0) is 25.9. The summed E-state index contributed by atoms with van der Waals surface area (Å²) in [6.45, 7) is 0. The summed E-state index contributed by atoms with van der Waals surface area (Å²) in [5.74, 6) is 1.13. The van der Waals surface area contributed by atoms with Gasteiger partial charge in [-0.15, -0.1) is 0 Å². The number of halogens is 4. The van der Waals surface area contributed by atoms with Gasteiger partial charge in [0.05, 0.1) is 25.3 Å². The Morgan fingerprint density at radius 1 is 0.944 bits per heavy atom. The molecule has 0 aliphatic rings. The predicted molar refractivity (Wildman–Crippen MR) is 142 cm³/mol. The first-order valence-corrected chi connectivity index (χ1v) is 12.3. The standard InChI is InChI=1S/C24H18BrF3N4O2S2/c1-33-20-10-16-19(11-21(20)34-2)29-12-30-22(16)36-15-5-3-4-13(8-15)31-23(35)32-14-6-7-18(25)17(9-14)24(26,27)28/h3-12H,1-2H3,(H2,31,32,35). The summed E-state index contributed by atoms with van der Waals surface area (Å²) in [5.41, 5.74) is 0.784. The molecule has 0 bridgehead atoms. The number of benzene rings is 3. The maximum Gasteiger partial charge on any atom is 0.417 e. The second kappa shape index (κ2) is 10.9. The van der Waals surface area contributed by atoms with Gasteiger partial charge >= 0.3 is 6.18 Å². The van der Waals surface area contributed by atoms with E-state index in [9.17, 15) is 13.2 Å². The van der Waals surface area contributed by atoms with Gasteiger partial charge in [-0.1, -0.05) is 33.8 Å². The van der Waals surface area contributed by atoms with Gasteiger partial charge in [-0.05, 0) is 54.7 Å². The van der Waals surface area contributed by atoms with E-state index >= 15 is 0 Å². The van der Waals surface area contributed by atoms with E-state index in [1.807, 2.05) is 24.3 Å². The highest BCUT2D eigenvalue weighted by Gasteiger charge is 2.33. The maximum absolute atomic E-state index is 13.2. The Hall–Kier alpha value is -3.09. The summed E-state index contributed by atoms with van der Waals surface area (Å²) in [4.78, 5) is 9.60. The van der Waals surface area contributed by atoms with Gasteiger partial charge in [-0.25, -0.2) is 9.97 Å². The normalized spacial score (nSPS) is 11.3. The number of fused-ring (bicyclic) bond motifs is 1. The molecule has 0 saturated heterocycles. The number of nitrogens with one attached hydrogen (secondary N) is 2. The number of anilines is 2. The Bertz CT molecular complexity index is 1440. The third kappa shape index (κ3) is 6.00. The largest absolute Gasteiger partial charge is 0.493 e. The Balaban J connectivity index is 1.52. The molecular weight excluding hydrogens is 577 g/mol. The quantitative estimate of drug-likeness (QED) is 0.177. The topological polar surface area (TPSA) is 68.3 Å². The van der Waals surface area contributed by atoms with Crippen molar-refractivity contribution in [1.29, 1.82) is 0 Å². The molecule has 0 spiro atoms. The number of rotatable bonds is 6. The molecule has 186 valence electrons. The Morgan fingerprint density at radius 2 is 1.64 bits per heavy atom. The summed E-state index contributed by atoms with van der Waals surface area (Å²) >= 11 is 9.66. The SMILES string of the molecule is COc1cc2ncnc(Sc3cccc(NC(=S)Nc4ccc(Br)c(C(F)(F)F)c4)c3)c2cc1OC. The van der Waals surface area contributed by atoms with Gasteiger partial charge in [0.1, 0.15) is 11.4 Å². The van der Waals surface area contributed by atoms with E-state index < -0.39 is 11.7 Å². The molecule has 4 aromatic rings. The average Bonchev–Trinajstić information content (AvgIpc) is 2.84. The van der Waals surface area contributed by atoms with Crippen LogP contribution in [0.3, 0.4) is 0 Å². The van der Waals surface area contributed by atoms with Crippen LogP contribution < -0.4 is 20.1 Å². The van der Waals surface area contributed by atoms with Crippen LogP contribution >= 0.6 is 39.9 Å². The fourth-order valence-corrected chi connectivity index (χ4v) is 4.94. The summed E-state index contributed by atoms with van der Waals surface area (Å²) in [6.07, 6.45) is -3.01. The molecule has 3 aromatic carbocycles. The van der Waals surface area contributed by atoms with Gasteiger partial charge in [0.15, 0.2) is 16.6 Å². The molecule has 0 atom stereocenters. The van der Waals surface area contributed by atoms with Crippen molar-refractivity contribution in [3.63, 3.8) is 0 Å². The number of aromatic nitrogens is 2. The molecule has 0 unspecified atom stereocenters. The lowest BCUT2D eigenvalue weighted by atomic mass is 10.2. The van der Waals surface area contributed by atoms with Crippen LogP contribution in [0.25, 0.3) is 10.9 Å². The third-order valence-corrected chi connectivity index (χ3v) is 6.84. The molecule has 0 amide bonds. The van der Waals surface area contributed by atoms with Crippen LogP contribution in [0.5, 0.6) is 11.5 Å². The van der Waals surface area contributed by atoms with Gasteiger partial charge in [-0.2, -0.15) is 13.2 Å². The van der Waals surface area contributed by atoms with Gasteiger partial charge < -0.3 is 20.1 Å². The number of nitrogens with zero attached hydrogens (tertiary/aromatic N) is 2. The van der Waals surface area contributed by atoms with Crippen molar-refractivity contribution in [2.45, 2.75) is 16.1 Å². The van der Waals surface area contributed by atoms with Crippen LogP contribution in [0.1, 0.15) is 5.56 Å². The predicted octanol–water partition coefficient (Wildman–Crippen LogP) is 7.39. The number of alkyl halides is 3. The Kier molecular flexibility index (Phi) is 7.86. The molecule has 2 N–H and O–H groups in total. The first-order chi connectivity index (χ1) is 17.2. The number of thiocarbonyl (C=S) groups is 1. The molecule has 0 radical (unpaired) electrons. The summed E-state index contributed by atoms with van der Waals surface area (Å²) in [6, 6.07) is 14.8. The lowest BCUT2D eigenvalue weighted by Gasteiger charge is -2.14. The van der Waals surface area contributed by atoms with E-state index in [4.69, 9.17) is 21.7 Å². The number of hydrogen-bond donors (Lipinski definition) is 2. The molecule has 0 saturated carbocycles. The fraction of sp³-hybridized carbons (Fsp3) is 0.125. The molecule has 0 aliphatic carbocycles. The van der Waals surface area contributed by atoms with Crippen LogP contribution in [0.4, 0.5) is 24.5 Å². The zero-order valence-corrected chi connectivity index (χ0v) is 22.0. The summed E-state index contributed by atoms with van der Waals surface area (Å²) in [7, 11) is 3.12. The lowest BCUT2D eigenvalue weighted by molar-refractivity contribution is -0.138. The minimum atomic E-state index is -4.49. The van der Waals surface area contributed by atoms with Crippen LogP contribution in [-0.4, -0.2) is 29.3 Å². The Labute approximate surface area is 222 Å². The van der Waals surface area contributed by atoms with Gasteiger partial charge in [0.25, 0.3) is 0 Å². The average molecular weight is 595 g/mol. The molecular formula is C24H18BrF3N4O2S2. The second-order valence-corrected chi connectivity index (χ2v) is 9.63. The van der Waals surface area contributed by atoms with E-state index in [0.29, 0.717) is 27.7 Å². The monoisotopic (exact) mass is 594 g/mol. The second-order valence-electron chi connectivity index (χ2n) is 7.30. The summed E-state index contributed by atoms with van der Waals surface area (Å²) < 4.78 is 50.3. The highest BCUT2D eigenvalue weighted by Crippen LogP contribution is 2.38. The van der Waals surface area contributed by atoms with Crippen LogP contribution in [0.2, 0.25) is 0 Å². The Morgan fingerprint density at radius 3 is 2.33 bits per heavy atom. The van der Waals surface area contributed by atoms with Crippen molar-refractivity contribution in [3.05, 3.63) is 71.0 Å². The first-order valence-electron chi connectivity index (χ1n) is 10.3. The van der Waals surface area contributed by atoms with E-state index in [1.54, 1.807) is 26.4 Å². The summed E-state index contributed by atoms with van der Waals surface area (Å²) in [5, 5.41) is 7.46. The van der Waals surface area contributed by atoms with Gasteiger partial charge in [0.2, 0.25) is 0 Å². The van der Waals surface area contributed by atoms with Crippen LogP contribution in [-0.2, 0) is 6.18 Å². The number of methoxy groups -OCH3 is 2. The molecule has 6 nitrogen and oxygen atoms in total. The van der Waals surface area contributed by atoms with Crippen molar-refractivity contribution >= 4 is 67.3 Å². The van der Waals surface area contributed by atoms with Gasteiger partial charge in [0, 0.05) is 32.2 Å². The molecule has 0 aliphatic heterocycles. The van der Waals surface area contributed by atoms with Crippen LogP contribution in [0.15, 0.2) is 75.3 Å². The van der Waals surface area contributed by atoms with Gasteiger partial charge in [-0.3, -0.25) is 0 Å². The molecule has 1 heterocycles. The van der Waals surface area contributed by atoms with Crippen molar-refractivity contribution in [3.8, 4) is 11.5 Å². The minimum absolute atomic E-state index is 0.0440. The third-order valence-electron chi connectivity index (χ3n) is 4.94. The number of hydrogen-bond acceptors (Lipinski definition) is 6. The van der Waals surface area contributed by atoms with E-state index in [0.717, 1.165) is 16.3 Å². The van der Waals surface area contributed by atoms with E-state index in [-0.39, 0.29) is 15.3 Å². The van der Waals surface area contributed by atoms with Crippen molar-refractivity contribution in [1.82, 2.24) is 9.97 Å². The fourth-order valence-electron chi connectivity index (χ4n) is 3.30. The van der Waals surface area contributed by atoms with Crippen molar-refractivity contribution in [2.75, 3.05) is 24.9 Å². The lowest BCUT2D eigenvalue weighted by Crippen LogP contribution is -2.19. The highest BCUT2D eigenvalue weighted by atomic mass is 79.9. The van der Waals surface area contributed by atoms with Crippen LogP contribution in [0, 0.1) is 0 Å². The number of ether oxygens (including phenoxy) is 2. The van der Waals surface area contributed by atoms with Crippen molar-refractivity contribution < 1.29 is 22.6 Å². The van der Waals surface area contributed by atoms with E-state index in [1.165, 1.54) is 30.2 Å². The molecule has 36 heavy (non-hydrogen) atoms. The molecule has 1 aromatic heterocycles. The zero-order valence-electron chi connectivity index (χ0n) is 18.8. The first kappa shape index (κ1) is 26.0. The molecule has 12 heteroatoms. The highest BCUT2D eigenvalue weighted by molar-refractivity contribution is 9.10. The van der Waals surface area contributed by atoms with E-state index in [2.05, 4.69) is 36.5 Å². The molecule has 0 fully saturated rings. The minimum Gasteiger partial charge on any atom is -0.493 e.